The van der Waals surface area contributed by atoms with E-state index >= 15 is 0 Å². The lowest BCUT2D eigenvalue weighted by molar-refractivity contribution is 0.466. The first kappa shape index (κ1) is 15.7. The molecule has 21 heavy (non-hydrogen) atoms. The molecule has 4 heteroatoms. The standard InChI is InChI=1S/C17H24FN3/c1-4-13(2)21-10-9-15(20-21)12-16(19-3)11-14-7-5-6-8-17(14)18/h5-10,13,16,19H,4,11-12H2,1-3H3. The molecule has 0 bridgehead atoms. The van der Waals surface area contributed by atoms with Gasteiger partial charge >= 0.3 is 0 Å². The quantitative estimate of drug-likeness (QED) is 0.847. The topological polar surface area (TPSA) is 29.9 Å². The highest BCUT2D eigenvalue weighted by Gasteiger charge is 2.13. The zero-order chi connectivity index (χ0) is 15.2. The molecule has 0 aliphatic rings. The van der Waals surface area contributed by atoms with Crippen LogP contribution in [-0.2, 0) is 12.8 Å². The van der Waals surface area contributed by atoms with Crippen LogP contribution < -0.4 is 5.32 Å². The molecule has 114 valence electrons. The first-order chi connectivity index (χ1) is 10.1. The third-order valence-electron chi connectivity index (χ3n) is 3.99. The molecule has 1 heterocycles. The highest BCUT2D eigenvalue weighted by Crippen LogP contribution is 2.13. The summed E-state index contributed by atoms with van der Waals surface area (Å²) in [5, 5.41) is 7.88. The maximum Gasteiger partial charge on any atom is 0.126 e. The van der Waals surface area contributed by atoms with E-state index in [0.29, 0.717) is 12.5 Å². The van der Waals surface area contributed by atoms with Gasteiger partial charge in [-0.3, -0.25) is 4.68 Å². The zero-order valence-corrected chi connectivity index (χ0v) is 13.0. The Kier molecular flexibility index (Phi) is 5.51. The molecule has 2 atom stereocenters. The first-order valence-corrected chi connectivity index (χ1v) is 7.58. The van der Waals surface area contributed by atoms with Gasteiger partial charge in [0.25, 0.3) is 0 Å². The largest absolute Gasteiger partial charge is 0.316 e. The van der Waals surface area contributed by atoms with Crippen molar-refractivity contribution >= 4 is 0 Å². The molecule has 0 spiro atoms. The van der Waals surface area contributed by atoms with E-state index in [1.807, 2.05) is 30.1 Å². The summed E-state index contributed by atoms with van der Waals surface area (Å²) in [6, 6.07) is 9.61. The van der Waals surface area contributed by atoms with Crippen LogP contribution in [0, 0.1) is 5.82 Å². The molecule has 2 unspecified atom stereocenters. The van der Waals surface area contributed by atoms with Crippen LogP contribution >= 0.6 is 0 Å². The molecular formula is C17H24FN3. The van der Waals surface area contributed by atoms with Crippen LogP contribution in [0.1, 0.15) is 37.6 Å². The molecule has 0 saturated heterocycles. The predicted octanol–water partition coefficient (Wildman–Crippen LogP) is 3.37. The normalized spacial score (nSPS) is 14.1. The minimum atomic E-state index is -0.136. The van der Waals surface area contributed by atoms with E-state index in [1.165, 1.54) is 6.07 Å². The van der Waals surface area contributed by atoms with Crippen molar-refractivity contribution in [1.82, 2.24) is 15.1 Å². The van der Waals surface area contributed by atoms with Gasteiger partial charge in [0, 0.05) is 24.7 Å². The Bertz CT molecular complexity index is 565. The highest BCUT2D eigenvalue weighted by molar-refractivity contribution is 5.19. The van der Waals surface area contributed by atoms with Gasteiger partial charge in [-0.25, -0.2) is 4.39 Å². The Morgan fingerprint density at radius 1 is 1.24 bits per heavy atom. The number of benzene rings is 1. The van der Waals surface area contributed by atoms with E-state index in [0.717, 1.165) is 24.1 Å². The SMILES string of the molecule is CCC(C)n1ccc(CC(Cc2ccccc2F)NC)n1. The molecule has 0 aliphatic carbocycles. The fraction of sp³-hybridized carbons (Fsp3) is 0.471. The summed E-state index contributed by atoms with van der Waals surface area (Å²) in [5.74, 6) is -0.136. The summed E-state index contributed by atoms with van der Waals surface area (Å²) in [5.41, 5.74) is 1.80. The van der Waals surface area contributed by atoms with Crippen LogP contribution in [0.5, 0.6) is 0 Å². The van der Waals surface area contributed by atoms with Gasteiger partial charge in [0.05, 0.1) is 5.69 Å². The second-order valence-electron chi connectivity index (χ2n) is 5.53. The Hall–Kier alpha value is -1.68. The number of nitrogens with one attached hydrogen (secondary N) is 1. The third-order valence-corrected chi connectivity index (χ3v) is 3.99. The smallest absolute Gasteiger partial charge is 0.126 e. The second-order valence-corrected chi connectivity index (χ2v) is 5.53. The van der Waals surface area contributed by atoms with Crippen molar-refractivity contribution in [1.29, 1.82) is 0 Å². The van der Waals surface area contributed by atoms with E-state index < -0.39 is 0 Å². The van der Waals surface area contributed by atoms with Crippen molar-refractivity contribution in [3.05, 3.63) is 53.6 Å². The number of likely N-dealkylation sites (N-methyl/N-ethyl adjacent to an activating group) is 1. The average molecular weight is 289 g/mol. The third kappa shape index (κ3) is 4.14. The Morgan fingerprint density at radius 3 is 2.67 bits per heavy atom. The number of aromatic nitrogens is 2. The van der Waals surface area contributed by atoms with Gasteiger partial charge in [-0.15, -0.1) is 0 Å². The number of nitrogens with zero attached hydrogens (tertiary/aromatic N) is 2. The maximum atomic E-state index is 13.7. The molecule has 1 aromatic carbocycles. The van der Waals surface area contributed by atoms with Crippen LogP contribution in [0.4, 0.5) is 4.39 Å². The molecule has 2 rings (SSSR count). The number of rotatable bonds is 7. The Balaban J connectivity index is 2.02. The van der Waals surface area contributed by atoms with Gasteiger partial charge < -0.3 is 5.32 Å². The molecule has 2 aromatic rings. The maximum absolute atomic E-state index is 13.7. The fourth-order valence-electron chi connectivity index (χ4n) is 2.38. The summed E-state index contributed by atoms with van der Waals surface area (Å²) < 4.78 is 15.7. The summed E-state index contributed by atoms with van der Waals surface area (Å²) >= 11 is 0. The van der Waals surface area contributed by atoms with Crippen molar-refractivity contribution in [2.24, 2.45) is 0 Å². The van der Waals surface area contributed by atoms with Gasteiger partial charge in [0.2, 0.25) is 0 Å². The van der Waals surface area contributed by atoms with Crippen molar-refractivity contribution in [3.8, 4) is 0 Å². The minimum absolute atomic E-state index is 0.136. The number of hydrogen-bond donors (Lipinski definition) is 1. The summed E-state index contributed by atoms with van der Waals surface area (Å²) in [6.07, 6.45) is 4.55. The Labute approximate surface area is 126 Å². The predicted molar refractivity (Wildman–Crippen MR) is 83.9 cm³/mol. The molecule has 3 nitrogen and oxygen atoms in total. The molecular weight excluding hydrogens is 265 g/mol. The molecule has 0 aliphatic heterocycles. The van der Waals surface area contributed by atoms with Crippen LogP contribution in [-0.4, -0.2) is 22.9 Å². The highest BCUT2D eigenvalue weighted by atomic mass is 19.1. The van der Waals surface area contributed by atoms with Crippen molar-refractivity contribution < 1.29 is 4.39 Å². The first-order valence-electron chi connectivity index (χ1n) is 7.58. The van der Waals surface area contributed by atoms with E-state index in [1.54, 1.807) is 6.07 Å². The molecule has 0 fully saturated rings. The van der Waals surface area contributed by atoms with E-state index in [9.17, 15) is 4.39 Å². The van der Waals surface area contributed by atoms with Crippen LogP contribution in [0.3, 0.4) is 0 Å². The van der Waals surface area contributed by atoms with Gasteiger partial charge in [0.15, 0.2) is 0 Å². The van der Waals surface area contributed by atoms with Crippen molar-refractivity contribution in [2.75, 3.05) is 7.05 Å². The molecule has 1 aromatic heterocycles. The van der Waals surface area contributed by atoms with Gasteiger partial charge in [0.1, 0.15) is 5.82 Å². The molecule has 1 N–H and O–H groups in total. The second kappa shape index (κ2) is 7.36. The molecule has 0 radical (unpaired) electrons. The number of halogens is 1. The summed E-state index contributed by atoms with van der Waals surface area (Å²) in [6.45, 7) is 4.31. The van der Waals surface area contributed by atoms with Crippen molar-refractivity contribution in [3.63, 3.8) is 0 Å². The fourth-order valence-corrected chi connectivity index (χ4v) is 2.38. The van der Waals surface area contributed by atoms with Crippen molar-refractivity contribution in [2.45, 2.75) is 45.2 Å². The van der Waals surface area contributed by atoms with E-state index in [2.05, 4.69) is 30.3 Å². The van der Waals surface area contributed by atoms with Gasteiger partial charge in [-0.05, 0) is 44.5 Å². The zero-order valence-electron chi connectivity index (χ0n) is 13.0. The Morgan fingerprint density at radius 2 is 2.00 bits per heavy atom. The average Bonchev–Trinajstić information content (AvgIpc) is 2.96. The lowest BCUT2D eigenvalue weighted by Gasteiger charge is -2.15. The van der Waals surface area contributed by atoms with Crippen LogP contribution in [0.25, 0.3) is 0 Å². The molecule has 0 saturated carbocycles. The minimum Gasteiger partial charge on any atom is -0.316 e. The van der Waals surface area contributed by atoms with Crippen LogP contribution in [0.15, 0.2) is 36.5 Å². The summed E-state index contributed by atoms with van der Waals surface area (Å²) in [4.78, 5) is 0. The number of hydrogen-bond acceptors (Lipinski definition) is 2. The van der Waals surface area contributed by atoms with Gasteiger partial charge in [-0.2, -0.15) is 5.10 Å². The lowest BCUT2D eigenvalue weighted by atomic mass is 10.0. The van der Waals surface area contributed by atoms with Gasteiger partial charge in [-0.1, -0.05) is 25.1 Å². The molecule has 0 amide bonds. The monoisotopic (exact) mass is 289 g/mol. The summed E-state index contributed by atoms with van der Waals surface area (Å²) in [7, 11) is 1.91. The van der Waals surface area contributed by atoms with Crippen LogP contribution in [0.2, 0.25) is 0 Å². The van der Waals surface area contributed by atoms with E-state index in [-0.39, 0.29) is 11.9 Å². The lowest BCUT2D eigenvalue weighted by Crippen LogP contribution is -2.30. The van der Waals surface area contributed by atoms with E-state index in [4.69, 9.17) is 0 Å².